The average molecular weight is 230 g/mol. The molecule has 16 heavy (non-hydrogen) atoms. The van der Waals surface area contributed by atoms with E-state index in [1.165, 1.54) is 6.07 Å². The molecule has 3 nitrogen and oxygen atoms in total. The summed E-state index contributed by atoms with van der Waals surface area (Å²) in [6.45, 7) is -0.123. The van der Waals surface area contributed by atoms with Gasteiger partial charge in [-0.3, -0.25) is 4.39 Å². The fourth-order valence-electron chi connectivity index (χ4n) is 1.14. The van der Waals surface area contributed by atoms with Crippen molar-refractivity contribution in [3.05, 3.63) is 29.6 Å². The molecule has 0 heterocycles. The maximum Gasteiger partial charge on any atom is 0.338 e. The van der Waals surface area contributed by atoms with Gasteiger partial charge in [0.25, 0.3) is 0 Å². The Hall–Kier alpha value is -1.65. The second-order valence-corrected chi connectivity index (χ2v) is 3.19. The molecule has 0 aliphatic rings. The van der Waals surface area contributed by atoms with Gasteiger partial charge in [0.05, 0.1) is 18.8 Å². The molecule has 0 aliphatic carbocycles. The van der Waals surface area contributed by atoms with Gasteiger partial charge in [0, 0.05) is 0 Å². The van der Waals surface area contributed by atoms with Gasteiger partial charge in [-0.15, -0.1) is 0 Å². The fraction of sp³-hybridized carbons (Fsp3) is 0.364. The molecule has 0 saturated carbocycles. The summed E-state index contributed by atoms with van der Waals surface area (Å²) in [4.78, 5) is 10.6. The van der Waals surface area contributed by atoms with E-state index in [4.69, 9.17) is 9.84 Å². The van der Waals surface area contributed by atoms with Crippen LogP contribution in [0.5, 0.6) is 5.75 Å². The van der Waals surface area contributed by atoms with Crippen molar-refractivity contribution in [3.63, 3.8) is 0 Å². The number of unbranched alkanes of at least 4 members (excludes halogenated alkanes) is 1. The zero-order valence-corrected chi connectivity index (χ0v) is 8.58. The second-order valence-electron chi connectivity index (χ2n) is 3.19. The zero-order chi connectivity index (χ0) is 12.0. The van der Waals surface area contributed by atoms with Crippen molar-refractivity contribution in [1.29, 1.82) is 0 Å². The highest BCUT2D eigenvalue weighted by molar-refractivity contribution is 5.88. The Bertz CT molecular complexity index is 366. The summed E-state index contributed by atoms with van der Waals surface area (Å²) in [6.07, 6.45) is 0.934. The van der Waals surface area contributed by atoms with Crippen LogP contribution in [0.15, 0.2) is 18.2 Å². The Balaban J connectivity index is 2.61. The molecule has 0 bridgehead atoms. The molecule has 0 amide bonds. The first-order valence-corrected chi connectivity index (χ1v) is 4.86. The second kappa shape index (κ2) is 6.05. The molecule has 0 fully saturated rings. The van der Waals surface area contributed by atoms with Gasteiger partial charge in [-0.1, -0.05) is 0 Å². The summed E-state index contributed by atoms with van der Waals surface area (Å²) in [5.41, 5.74) is -0.428. The van der Waals surface area contributed by atoms with Gasteiger partial charge < -0.3 is 9.84 Å². The monoisotopic (exact) mass is 230 g/mol. The number of hydrogen-bond donors (Lipinski definition) is 1. The number of carboxylic acid groups (broad SMARTS) is 1. The maximum atomic E-state index is 13.0. The van der Waals surface area contributed by atoms with E-state index in [9.17, 15) is 13.6 Å². The van der Waals surface area contributed by atoms with Gasteiger partial charge in [-0.05, 0) is 31.0 Å². The Morgan fingerprint density at radius 1 is 1.38 bits per heavy atom. The zero-order valence-electron chi connectivity index (χ0n) is 8.58. The van der Waals surface area contributed by atoms with E-state index in [1.54, 1.807) is 0 Å². The van der Waals surface area contributed by atoms with Crippen molar-refractivity contribution in [2.75, 3.05) is 13.3 Å². The third-order valence-corrected chi connectivity index (χ3v) is 1.96. The van der Waals surface area contributed by atoms with Crippen molar-refractivity contribution in [2.45, 2.75) is 12.8 Å². The Labute approximate surface area is 91.7 Å². The van der Waals surface area contributed by atoms with Gasteiger partial charge in [-0.25, -0.2) is 9.18 Å². The van der Waals surface area contributed by atoms with Crippen molar-refractivity contribution in [3.8, 4) is 5.75 Å². The number of ether oxygens (including phenoxy) is 1. The molecule has 1 aromatic rings. The number of benzene rings is 1. The summed E-state index contributed by atoms with van der Waals surface area (Å²) in [7, 11) is 0. The van der Waals surface area contributed by atoms with E-state index in [0.29, 0.717) is 12.8 Å². The van der Waals surface area contributed by atoms with Gasteiger partial charge in [-0.2, -0.15) is 0 Å². The van der Waals surface area contributed by atoms with E-state index in [0.717, 1.165) is 12.1 Å². The van der Waals surface area contributed by atoms with Crippen LogP contribution >= 0.6 is 0 Å². The van der Waals surface area contributed by atoms with Crippen LogP contribution < -0.4 is 4.74 Å². The number of halogens is 2. The molecule has 0 unspecified atom stereocenters. The van der Waals surface area contributed by atoms with Crippen molar-refractivity contribution < 1.29 is 23.4 Å². The molecule has 0 aliphatic heterocycles. The van der Waals surface area contributed by atoms with Crippen LogP contribution in [0.3, 0.4) is 0 Å². The van der Waals surface area contributed by atoms with Gasteiger partial charge in [0.1, 0.15) is 11.6 Å². The molecule has 1 rings (SSSR count). The molecular formula is C11H12F2O3. The standard InChI is InChI=1S/C11H12F2O3/c12-5-1-2-6-16-8-3-4-10(13)9(7-8)11(14)15/h3-4,7H,1-2,5-6H2,(H,14,15). The van der Waals surface area contributed by atoms with Gasteiger partial charge in [0.2, 0.25) is 0 Å². The predicted molar refractivity (Wildman–Crippen MR) is 54.1 cm³/mol. The number of rotatable bonds is 6. The van der Waals surface area contributed by atoms with Gasteiger partial charge in [0.15, 0.2) is 0 Å². The summed E-state index contributed by atoms with van der Waals surface area (Å²) < 4.78 is 29.9. The van der Waals surface area contributed by atoms with Crippen LogP contribution in [0.2, 0.25) is 0 Å². The normalized spacial score (nSPS) is 10.1. The van der Waals surface area contributed by atoms with Crippen LogP contribution in [0.1, 0.15) is 23.2 Å². The van der Waals surface area contributed by atoms with Crippen molar-refractivity contribution >= 4 is 5.97 Å². The third kappa shape index (κ3) is 3.49. The van der Waals surface area contributed by atoms with Crippen LogP contribution in [0.4, 0.5) is 8.78 Å². The number of carboxylic acids is 1. The highest BCUT2D eigenvalue weighted by atomic mass is 19.1. The maximum absolute atomic E-state index is 13.0. The summed E-state index contributed by atoms with van der Waals surface area (Å²) in [5.74, 6) is -1.87. The summed E-state index contributed by atoms with van der Waals surface area (Å²) in [6, 6.07) is 3.50. The molecule has 1 aromatic carbocycles. The fourth-order valence-corrected chi connectivity index (χ4v) is 1.14. The molecule has 88 valence electrons. The van der Waals surface area contributed by atoms with Crippen molar-refractivity contribution in [2.24, 2.45) is 0 Å². The Morgan fingerprint density at radius 3 is 2.75 bits per heavy atom. The minimum absolute atomic E-state index is 0.276. The third-order valence-electron chi connectivity index (χ3n) is 1.96. The highest BCUT2D eigenvalue weighted by Crippen LogP contribution is 2.17. The van der Waals surface area contributed by atoms with E-state index >= 15 is 0 Å². The molecule has 0 radical (unpaired) electrons. The summed E-state index contributed by atoms with van der Waals surface area (Å²) >= 11 is 0. The van der Waals surface area contributed by atoms with Crippen LogP contribution in [-0.4, -0.2) is 24.4 Å². The minimum atomic E-state index is -1.34. The van der Waals surface area contributed by atoms with Crippen LogP contribution in [-0.2, 0) is 0 Å². The molecule has 0 aromatic heterocycles. The molecule has 0 atom stereocenters. The quantitative estimate of drug-likeness (QED) is 0.764. The number of aromatic carboxylic acids is 1. The number of alkyl halides is 1. The Kier molecular flexibility index (Phi) is 4.69. The largest absolute Gasteiger partial charge is 0.494 e. The lowest BCUT2D eigenvalue weighted by Gasteiger charge is -2.06. The van der Waals surface area contributed by atoms with Crippen LogP contribution in [0, 0.1) is 5.82 Å². The van der Waals surface area contributed by atoms with E-state index < -0.39 is 24.0 Å². The highest BCUT2D eigenvalue weighted by Gasteiger charge is 2.11. The lowest BCUT2D eigenvalue weighted by Crippen LogP contribution is -2.03. The SMILES string of the molecule is O=C(O)c1cc(OCCCCF)ccc1F. The van der Waals surface area contributed by atoms with Gasteiger partial charge >= 0.3 is 5.97 Å². The minimum Gasteiger partial charge on any atom is -0.494 e. The van der Waals surface area contributed by atoms with E-state index in [2.05, 4.69) is 0 Å². The predicted octanol–water partition coefficient (Wildman–Crippen LogP) is 2.65. The topological polar surface area (TPSA) is 46.5 Å². The summed E-state index contributed by atoms with van der Waals surface area (Å²) in [5, 5.41) is 8.65. The lowest BCUT2D eigenvalue weighted by molar-refractivity contribution is 0.0691. The average Bonchev–Trinajstić information content (AvgIpc) is 2.26. The lowest BCUT2D eigenvalue weighted by atomic mass is 10.2. The smallest absolute Gasteiger partial charge is 0.338 e. The van der Waals surface area contributed by atoms with Crippen LogP contribution in [0.25, 0.3) is 0 Å². The molecule has 0 saturated heterocycles. The molecule has 1 N–H and O–H groups in total. The first-order chi connectivity index (χ1) is 7.65. The molecule has 0 spiro atoms. The Morgan fingerprint density at radius 2 is 2.12 bits per heavy atom. The van der Waals surface area contributed by atoms with E-state index in [1.807, 2.05) is 0 Å². The van der Waals surface area contributed by atoms with Crippen molar-refractivity contribution in [1.82, 2.24) is 0 Å². The first kappa shape index (κ1) is 12.4. The molecular weight excluding hydrogens is 218 g/mol. The number of carbonyl (C=O) groups is 1. The first-order valence-electron chi connectivity index (χ1n) is 4.86. The molecule has 5 heteroatoms. The van der Waals surface area contributed by atoms with E-state index in [-0.39, 0.29) is 12.4 Å². The number of hydrogen-bond acceptors (Lipinski definition) is 2.